The lowest BCUT2D eigenvalue weighted by Crippen LogP contribution is -2.48. The van der Waals surface area contributed by atoms with Crippen molar-refractivity contribution in [1.29, 1.82) is 0 Å². The first kappa shape index (κ1) is 15.3. The van der Waals surface area contributed by atoms with Crippen LogP contribution < -0.4 is 0 Å². The summed E-state index contributed by atoms with van der Waals surface area (Å²) in [5.74, 6) is -1.67. The van der Waals surface area contributed by atoms with Gasteiger partial charge in [-0.15, -0.1) is 0 Å². The molecule has 0 amide bonds. The second kappa shape index (κ2) is 4.74. The van der Waals surface area contributed by atoms with Crippen LogP contribution in [0.5, 0.6) is 0 Å². The normalized spacial score (nSPS) is 31.9. The average Bonchev–Trinajstić information content (AvgIpc) is 3.06. The van der Waals surface area contributed by atoms with Crippen molar-refractivity contribution in [2.75, 3.05) is 0 Å². The van der Waals surface area contributed by atoms with E-state index in [2.05, 4.69) is 0 Å². The third kappa shape index (κ3) is 2.70. The van der Waals surface area contributed by atoms with Crippen LogP contribution in [0.25, 0.3) is 0 Å². The van der Waals surface area contributed by atoms with E-state index in [1.54, 1.807) is 0 Å². The van der Waals surface area contributed by atoms with Gasteiger partial charge < -0.3 is 9.84 Å². The van der Waals surface area contributed by atoms with Gasteiger partial charge in [0.15, 0.2) is 0 Å². The summed E-state index contributed by atoms with van der Waals surface area (Å²) in [6, 6.07) is 0. The first-order valence-electron chi connectivity index (χ1n) is 7.60. The van der Waals surface area contributed by atoms with Crippen LogP contribution in [0.4, 0.5) is 0 Å². The molecule has 0 aromatic carbocycles. The minimum Gasteiger partial charge on any atom is -0.481 e. The van der Waals surface area contributed by atoms with E-state index >= 15 is 0 Å². The van der Waals surface area contributed by atoms with Crippen LogP contribution in [0.15, 0.2) is 0 Å². The number of rotatable bonds is 3. The number of aliphatic carboxylic acids is 1. The van der Waals surface area contributed by atoms with E-state index in [-0.39, 0.29) is 11.4 Å². The Morgan fingerprint density at radius 2 is 1.75 bits per heavy atom. The maximum absolute atomic E-state index is 12.5. The highest BCUT2D eigenvalue weighted by molar-refractivity contribution is 5.85. The van der Waals surface area contributed by atoms with E-state index in [0.717, 1.165) is 19.3 Å². The number of hydrogen-bond donors (Lipinski definition) is 1. The van der Waals surface area contributed by atoms with Gasteiger partial charge >= 0.3 is 11.9 Å². The van der Waals surface area contributed by atoms with E-state index in [4.69, 9.17) is 4.74 Å². The lowest BCUT2D eigenvalue weighted by molar-refractivity contribution is -0.179. The minimum atomic E-state index is -0.934. The topological polar surface area (TPSA) is 63.6 Å². The Balaban J connectivity index is 2.26. The molecule has 20 heavy (non-hydrogen) atoms. The number of carbonyl (C=O) groups excluding carboxylic acids is 1. The molecule has 0 heterocycles. The Hall–Kier alpha value is -1.06. The van der Waals surface area contributed by atoms with Crippen LogP contribution in [0.2, 0.25) is 0 Å². The van der Waals surface area contributed by atoms with Crippen LogP contribution in [-0.2, 0) is 14.3 Å². The third-order valence-corrected chi connectivity index (χ3v) is 5.11. The van der Waals surface area contributed by atoms with Crippen LogP contribution in [0.1, 0.15) is 66.2 Å². The van der Waals surface area contributed by atoms with Gasteiger partial charge in [0.25, 0.3) is 0 Å². The number of carboxylic acid groups (broad SMARTS) is 1. The Kier molecular flexibility index (Phi) is 3.64. The number of carboxylic acids is 1. The van der Waals surface area contributed by atoms with Crippen molar-refractivity contribution in [3.8, 4) is 0 Å². The summed E-state index contributed by atoms with van der Waals surface area (Å²) < 4.78 is 5.50. The standard InChI is InChI=1S/C16H26O4/c1-5-16(13(18)19)9-8-15(6-7-15)10-11(16)12(17)20-14(2,3)4/h11H,5-10H2,1-4H3,(H,18,19). The second-order valence-electron chi connectivity index (χ2n) is 7.61. The zero-order chi connectivity index (χ0) is 15.2. The Bertz CT molecular complexity index is 417. The molecule has 0 radical (unpaired) electrons. The SMILES string of the molecule is CCC1(C(=O)O)CCC2(CC2)CC1C(=O)OC(C)(C)C. The zero-order valence-corrected chi connectivity index (χ0v) is 13.0. The molecule has 2 rings (SSSR count). The Morgan fingerprint density at radius 1 is 1.20 bits per heavy atom. The summed E-state index contributed by atoms with van der Waals surface area (Å²) in [5.41, 5.74) is -1.27. The quantitative estimate of drug-likeness (QED) is 0.806. The monoisotopic (exact) mass is 282 g/mol. The Morgan fingerprint density at radius 3 is 2.15 bits per heavy atom. The second-order valence-corrected chi connectivity index (χ2v) is 7.61. The highest BCUT2D eigenvalue weighted by Gasteiger charge is 2.59. The number of carbonyl (C=O) groups is 2. The highest BCUT2D eigenvalue weighted by Crippen LogP contribution is 2.62. The maximum Gasteiger partial charge on any atom is 0.310 e. The van der Waals surface area contributed by atoms with Crippen molar-refractivity contribution >= 4 is 11.9 Å². The number of hydrogen-bond acceptors (Lipinski definition) is 3. The molecule has 1 spiro atoms. The van der Waals surface area contributed by atoms with Gasteiger partial charge in [-0.1, -0.05) is 6.92 Å². The molecule has 2 atom stereocenters. The van der Waals surface area contributed by atoms with E-state index in [0.29, 0.717) is 19.3 Å². The van der Waals surface area contributed by atoms with E-state index in [1.807, 2.05) is 27.7 Å². The molecule has 2 saturated carbocycles. The van der Waals surface area contributed by atoms with E-state index < -0.39 is 22.9 Å². The van der Waals surface area contributed by atoms with Crippen LogP contribution in [0.3, 0.4) is 0 Å². The smallest absolute Gasteiger partial charge is 0.310 e. The van der Waals surface area contributed by atoms with Gasteiger partial charge in [0, 0.05) is 0 Å². The van der Waals surface area contributed by atoms with Gasteiger partial charge in [-0.05, 0) is 64.7 Å². The lowest BCUT2D eigenvalue weighted by Gasteiger charge is -2.43. The van der Waals surface area contributed by atoms with Crippen molar-refractivity contribution in [3.63, 3.8) is 0 Å². The zero-order valence-electron chi connectivity index (χ0n) is 13.0. The molecular formula is C16H26O4. The van der Waals surface area contributed by atoms with Crippen molar-refractivity contribution in [3.05, 3.63) is 0 Å². The molecule has 2 unspecified atom stereocenters. The van der Waals surface area contributed by atoms with E-state index in [9.17, 15) is 14.7 Å². The van der Waals surface area contributed by atoms with Crippen LogP contribution >= 0.6 is 0 Å². The molecule has 0 saturated heterocycles. The van der Waals surface area contributed by atoms with Gasteiger partial charge in [0.1, 0.15) is 5.60 Å². The Labute approximate surface area is 120 Å². The molecule has 0 aromatic heterocycles. The first-order valence-corrected chi connectivity index (χ1v) is 7.60. The summed E-state index contributed by atoms with van der Waals surface area (Å²) in [5, 5.41) is 9.69. The summed E-state index contributed by atoms with van der Waals surface area (Å²) in [6.07, 6.45) is 4.97. The fourth-order valence-corrected chi connectivity index (χ4v) is 3.54. The molecule has 0 bridgehead atoms. The molecule has 114 valence electrons. The predicted octanol–water partition coefficient (Wildman–Crippen LogP) is 3.39. The summed E-state index contributed by atoms with van der Waals surface area (Å²) in [6.45, 7) is 7.36. The minimum absolute atomic E-state index is 0.232. The van der Waals surface area contributed by atoms with Crippen LogP contribution in [0, 0.1) is 16.7 Å². The number of ether oxygens (including phenoxy) is 1. The molecule has 0 aliphatic heterocycles. The fraction of sp³-hybridized carbons (Fsp3) is 0.875. The lowest BCUT2D eigenvalue weighted by atomic mass is 9.60. The molecular weight excluding hydrogens is 256 g/mol. The summed E-state index contributed by atoms with van der Waals surface area (Å²) >= 11 is 0. The highest BCUT2D eigenvalue weighted by atomic mass is 16.6. The summed E-state index contributed by atoms with van der Waals surface area (Å²) in [4.78, 5) is 24.3. The van der Waals surface area contributed by atoms with Crippen molar-refractivity contribution in [2.24, 2.45) is 16.7 Å². The van der Waals surface area contributed by atoms with E-state index in [1.165, 1.54) is 0 Å². The largest absolute Gasteiger partial charge is 0.481 e. The summed E-state index contributed by atoms with van der Waals surface area (Å²) in [7, 11) is 0. The van der Waals surface area contributed by atoms with Crippen LogP contribution in [-0.4, -0.2) is 22.6 Å². The first-order chi connectivity index (χ1) is 9.14. The molecule has 2 aliphatic rings. The molecule has 4 nitrogen and oxygen atoms in total. The molecule has 1 N–H and O–H groups in total. The predicted molar refractivity (Wildman–Crippen MR) is 75.2 cm³/mol. The molecule has 0 aromatic rings. The maximum atomic E-state index is 12.5. The molecule has 4 heteroatoms. The van der Waals surface area contributed by atoms with Gasteiger partial charge in [0.05, 0.1) is 11.3 Å². The van der Waals surface area contributed by atoms with Gasteiger partial charge in [-0.3, -0.25) is 9.59 Å². The van der Waals surface area contributed by atoms with Crippen molar-refractivity contribution in [2.45, 2.75) is 71.8 Å². The van der Waals surface area contributed by atoms with Gasteiger partial charge in [-0.2, -0.15) is 0 Å². The fourth-order valence-electron chi connectivity index (χ4n) is 3.54. The number of esters is 1. The average molecular weight is 282 g/mol. The van der Waals surface area contributed by atoms with Gasteiger partial charge in [0.2, 0.25) is 0 Å². The van der Waals surface area contributed by atoms with Crippen molar-refractivity contribution in [1.82, 2.24) is 0 Å². The molecule has 2 fully saturated rings. The third-order valence-electron chi connectivity index (χ3n) is 5.11. The molecule has 2 aliphatic carbocycles. The van der Waals surface area contributed by atoms with Gasteiger partial charge in [-0.25, -0.2) is 0 Å². The van der Waals surface area contributed by atoms with Crippen molar-refractivity contribution < 1.29 is 19.4 Å².